The van der Waals surface area contributed by atoms with E-state index in [1.165, 1.54) is 6.07 Å². The lowest BCUT2D eigenvalue weighted by Gasteiger charge is -2.06. The summed E-state index contributed by atoms with van der Waals surface area (Å²) in [5, 5.41) is 17.0. The summed E-state index contributed by atoms with van der Waals surface area (Å²) in [6.45, 7) is 0. The highest BCUT2D eigenvalue weighted by molar-refractivity contribution is 6.31. The van der Waals surface area contributed by atoms with Gasteiger partial charge in [0.1, 0.15) is 0 Å². The quantitative estimate of drug-likeness (QED) is 0.374. The summed E-state index contributed by atoms with van der Waals surface area (Å²) in [4.78, 5) is 10.9. The van der Waals surface area contributed by atoms with Crippen molar-refractivity contribution in [2.24, 2.45) is 0 Å². The molecule has 1 aromatic heterocycles. The average Bonchev–Trinajstić information content (AvgIpc) is 3.05. The molecule has 0 saturated carbocycles. The van der Waals surface area contributed by atoms with Crippen molar-refractivity contribution < 1.29 is 4.92 Å². The second-order valence-corrected chi connectivity index (χ2v) is 6.02. The first-order valence-electron chi connectivity index (χ1n) is 7.61. The topological polar surface area (TPSA) is 61.0 Å². The molecular weight excluding hydrogens is 338 g/mol. The predicted octanol–water partition coefficient (Wildman–Crippen LogP) is 5.25. The zero-order valence-corrected chi connectivity index (χ0v) is 13.7. The third-order valence-electron chi connectivity index (χ3n) is 4.04. The van der Waals surface area contributed by atoms with Crippen molar-refractivity contribution in [3.63, 3.8) is 0 Å². The maximum absolute atomic E-state index is 11.3. The summed E-state index contributed by atoms with van der Waals surface area (Å²) in [6, 6.07) is 20.2. The van der Waals surface area contributed by atoms with E-state index in [1.807, 2.05) is 53.2 Å². The first kappa shape index (κ1) is 15.4. The minimum Gasteiger partial charge on any atom is -0.258 e. The Morgan fingerprint density at radius 1 is 1.00 bits per heavy atom. The lowest BCUT2D eigenvalue weighted by molar-refractivity contribution is -0.384. The van der Waals surface area contributed by atoms with E-state index in [9.17, 15) is 10.1 Å². The molecule has 4 aromatic rings. The van der Waals surface area contributed by atoms with Crippen molar-refractivity contribution in [1.82, 2.24) is 9.78 Å². The van der Waals surface area contributed by atoms with Crippen LogP contribution in [0.25, 0.3) is 27.7 Å². The third-order valence-corrected chi connectivity index (χ3v) is 4.27. The van der Waals surface area contributed by atoms with Crippen LogP contribution in [-0.2, 0) is 0 Å². The van der Waals surface area contributed by atoms with Gasteiger partial charge >= 0.3 is 0 Å². The summed E-state index contributed by atoms with van der Waals surface area (Å²) < 4.78 is 1.84. The van der Waals surface area contributed by atoms with E-state index < -0.39 is 4.92 Å². The number of nitro benzene ring substituents is 1. The predicted molar refractivity (Wildman–Crippen MR) is 98.2 cm³/mol. The molecule has 0 radical (unpaired) electrons. The lowest BCUT2D eigenvalue weighted by Crippen LogP contribution is -1.95. The van der Waals surface area contributed by atoms with Crippen molar-refractivity contribution in [1.29, 1.82) is 0 Å². The van der Waals surface area contributed by atoms with E-state index in [2.05, 4.69) is 5.10 Å². The molecule has 5 nitrogen and oxygen atoms in total. The van der Waals surface area contributed by atoms with Crippen molar-refractivity contribution in [3.8, 4) is 16.8 Å². The molecule has 0 aliphatic rings. The van der Waals surface area contributed by atoms with Gasteiger partial charge in [0.05, 0.1) is 27.9 Å². The Labute approximate surface area is 148 Å². The number of rotatable bonds is 3. The Morgan fingerprint density at radius 3 is 2.56 bits per heavy atom. The Morgan fingerprint density at radius 2 is 1.80 bits per heavy atom. The van der Waals surface area contributed by atoms with Gasteiger partial charge in [-0.3, -0.25) is 10.1 Å². The highest BCUT2D eigenvalue weighted by Gasteiger charge is 2.17. The van der Waals surface area contributed by atoms with Crippen molar-refractivity contribution in [2.75, 3.05) is 0 Å². The van der Waals surface area contributed by atoms with Crippen LogP contribution in [0.15, 0.2) is 72.9 Å². The first-order valence-corrected chi connectivity index (χ1v) is 7.99. The molecular formula is C19H12ClN3O2. The summed E-state index contributed by atoms with van der Waals surface area (Å²) >= 11 is 5.90. The van der Waals surface area contributed by atoms with Crippen molar-refractivity contribution >= 4 is 28.2 Å². The van der Waals surface area contributed by atoms with Crippen LogP contribution in [0, 0.1) is 10.1 Å². The molecule has 0 aliphatic carbocycles. The minimum absolute atomic E-state index is 0.0118. The number of nitro groups is 1. The Hall–Kier alpha value is -3.18. The fourth-order valence-electron chi connectivity index (χ4n) is 2.88. The van der Waals surface area contributed by atoms with Gasteiger partial charge in [-0.2, -0.15) is 5.10 Å². The number of aromatic nitrogens is 2. The highest BCUT2D eigenvalue weighted by Crippen LogP contribution is 2.34. The second-order valence-electron chi connectivity index (χ2n) is 5.58. The van der Waals surface area contributed by atoms with Gasteiger partial charge in [0, 0.05) is 16.5 Å². The maximum Gasteiger partial charge on any atom is 0.278 e. The van der Waals surface area contributed by atoms with Gasteiger partial charge in [-0.25, -0.2) is 4.68 Å². The fraction of sp³-hybridized carbons (Fsp3) is 0. The van der Waals surface area contributed by atoms with Crippen molar-refractivity contribution in [3.05, 3.63) is 88.1 Å². The van der Waals surface area contributed by atoms with E-state index in [1.54, 1.807) is 18.3 Å². The summed E-state index contributed by atoms with van der Waals surface area (Å²) in [6.07, 6.45) is 1.76. The van der Waals surface area contributed by atoms with Crippen LogP contribution in [0.5, 0.6) is 0 Å². The van der Waals surface area contributed by atoms with E-state index >= 15 is 0 Å². The van der Waals surface area contributed by atoms with Crippen LogP contribution < -0.4 is 0 Å². The molecule has 6 heteroatoms. The molecule has 25 heavy (non-hydrogen) atoms. The normalized spacial score (nSPS) is 10.9. The van der Waals surface area contributed by atoms with E-state index in [0.29, 0.717) is 10.6 Å². The van der Waals surface area contributed by atoms with Crippen LogP contribution in [0.2, 0.25) is 5.02 Å². The molecule has 0 spiro atoms. The number of hydrogen-bond acceptors (Lipinski definition) is 3. The summed E-state index contributed by atoms with van der Waals surface area (Å²) in [5.74, 6) is 0. The third kappa shape index (κ3) is 2.75. The number of fused-ring (bicyclic) bond motifs is 1. The van der Waals surface area contributed by atoms with Crippen molar-refractivity contribution in [2.45, 2.75) is 0 Å². The van der Waals surface area contributed by atoms with Gasteiger partial charge < -0.3 is 0 Å². The van der Waals surface area contributed by atoms with Gasteiger partial charge in [0.25, 0.3) is 5.69 Å². The first-order chi connectivity index (χ1) is 12.1. The SMILES string of the molecule is O=[N+]([O-])c1cc(Cl)ccc1-c1ccc2c(cnn2-c2ccccc2)c1. The minimum atomic E-state index is -0.418. The highest BCUT2D eigenvalue weighted by atomic mass is 35.5. The number of halogens is 1. The van der Waals surface area contributed by atoms with Gasteiger partial charge in [-0.05, 0) is 42.0 Å². The molecule has 0 N–H and O–H groups in total. The molecule has 3 aromatic carbocycles. The van der Waals surface area contributed by atoms with Crippen LogP contribution >= 0.6 is 11.6 Å². The molecule has 0 unspecified atom stereocenters. The number of hydrogen-bond donors (Lipinski definition) is 0. The zero-order chi connectivity index (χ0) is 17.4. The standard InChI is InChI=1S/C19H12ClN3O2/c20-15-7-8-17(19(11-15)23(24)25)13-6-9-18-14(10-13)12-21-22(18)16-4-2-1-3-5-16/h1-12H. The molecule has 0 amide bonds. The van der Waals surface area contributed by atoms with Crippen LogP contribution in [0.1, 0.15) is 0 Å². The molecule has 0 bridgehead atoms. The van der Waals surface area contributed by atoms with Gasteiger partial charge in [-0.1, -0.05) is 35.9 Å². The fourth-order valence-corrected chi connectivity index (χ4v) is 3.04. The van der Waals surface area contributed by atoms with Crippen LogP contribution in [-0.4, -0.2) is 14.7 Å². The molecule has 122 valence electrons. The van der Waals surface area contributed by atoms with E-state index in [0.717, 1.165) is 22.2 Å². The monoisotopic (exact) mass is 349 g/mol. The Balaban J connectivity index is 1.86. The summed E-state index contributed by atoms with van der Waals surface area (Å²) in [5.41, 5.74) is 3.17. The average molecular weight is 350 g/mol. The largest absolute Gasteiger partial charge is 0.278 e. The van der Waals surface area contributed by atoms with Gasteiger partial charge in [0.15, 0.2) is 0 Å². The van der Waals surface area contributed by atoms with Crippen LogP contribution in [0.3, 0.4) is 0 Å². The summed E-state index contributed by atoms with van der Waals surface area (Å²) in [7, 11) is 0. The lowest BCUT2D eigenvalue weighted by atomic mass is 10.0. The van der Waals surface area contributed by atoms with Crippen LogP contribution in [0.4, 0.5) is 5.69 Å². The molecule has 0 fully saturated rings. The Bertz CT molecular complexity index is 1090. The van der Waals surface area contributed by atoms with E-state index in [4.69, 9.17) is 11.6 Å². The molecule has 0 aliphatic heterocycles. The number of benzene rings is 3. The van der Waals surface area contributed by atoms with Gasteiger partial charge in [0.2, 0.25) is 0 Å². The number of para-hydroxylation sites is 1. The number of nitrogens with zero attached hydrogens (tertiary/aromatic N) is 3. The second kappa shape index (κ2) is 6.03. The molecule has 1 heterocycles. The maximum atomic E-state index is 11.3. The zero-order valence-electron chi connectivity index (χ0n) is 13.0. The van der Waals surface area contributed by atoms with Gasteiger partial charge in [-0.15, -0.1) is 0 Å². The molecule has 0 atom stereocenters. The Kier molecular flexibility index (Phi) is 3.71. The molecule has 0 saturated heterocycles. The molecule has 4 rings (SSSR count). The van der Waals surface area contributed by atoms with E-state index in [-0.39, 0.29) is 5.69 Å². The smallest absolute Gasteiger partial charge is 0.258 e.